The molecule has 1 saturated carbocycles. The van der Waals surface area contributed by atoms with Crippen LogP contribution in [0, 0.1) is 22.7 Å². The topological polar surface area (TPSA) is 23.8 Å². The first-order valence-electron chi connectivity index (χ1n) is 4.14. The Labute approximate surface area is 63.0 Å². The molecule has 0 amide bonds. The molecule has 0 aromatic rings. The Hall–Kier alpha value is -0.510. The predicted octanol–water partition coefficient (Wildman–Crippen LogP) is 2.73. The van der Waals surface area contributed by atoms with Gasteiger partial charge in [0.15, 0.2) is 0 Å². The number of nitrogens with zero attached hydrogens (tertiary/aromatic N) is 1. The van der Waals surface area contributed by atoms with Gasteiger partial charge >= 0.3 is 0 Å². The molecule has 0 aromatic carbocycles. The minimum absolute atomic E-state index is 0.0156. The van der Waals surface area contributed by atoms with Gasteiger partial charge in [-0.15, -0.1) is 0 Å². The summed E-state index contributed by atoms with van der Waals surface area (Å²) in [6.45, 7) is 4.21. The fourth-order valence-electron chi connectivity index (χ4n) is 1.50. The van der Waals surface area contributed by atoms with E-state index in [-0.39, 0.29) is 5.41 Å². The zero-order valence-corrected chi connectivity index (χ0v) is 6.85. The van der Waals surface area contributed by atoms with E-state index in [0.717, 1.165) is 6.42 Å². The van der Waals surface area contributed by atoms with Crippen LogP contribution < -0.4 is 0 Å². The minimum Gasteiger partial charge on any atom is -0.198 e. The number of hydrogen-bond donors (Lipinski definition) is 0. The highest BCUT2D eigenvalue weighted by atomic mass is 14.4. The summed E-state index contributed by atoms with van der Waals surface area (Å²) in [5, 5.41) is 8.87. The van der Waals surface area contributed by atoms with E-state index in [2.05, 4.69) is 19.9 Å². The molecule has 0 radical (unpaired) electrons. The molecule has 0 aromatic heterocycles. The average molecular weight is 137 g/mol. The van der Waals surface area contributed by atoms with E-state index in [9.17, 15) is 0 Å². The maximum atomic E-state index is 8.87. The van der Waals surface area contributed by atoms with Gasteiger partial charge in [0.05, 0.1) is 11.5 Å². The molecule has 1 aliphatic carbocycles. The fourth-order valence-corrected chi connectivity index (χ4v) is 1.50. The molecule has 0 bridgehead atoms. The molecule has 56 valence electrons. The first-order chi connectivity index (χ1) is 4.73. The highest BCUT2D eigenvalue weighted by molar-refractivity contribution is 5.01. The predicted molar refractivity (Wildman–Crippen MR) is 41.4 cm³/mol. The van der Waals surface area contributed by atoms with Crippen LogP contribution in [0.25, 0.3) is 0 Å². The van der Waals surface area contributed by atoms with E-state index in [1.54, 1.807) is 0 Å². The third-order valence-electron chi connectivity index (χ3n) is 3.00. The van der Waals surface area contributed by atoms with E-state index in [1.165, 1.54) is 19.3 Å². The lowest BCUT2D eigenvalue weighted by Gasteiger charge is -2.37. The van der Waals surface area contributed by atoms with Gasteiger partial charge < -0.3 is 0 Å². The second-order valence-corrected chi connectivity index (χ2v) is 3.51. The van der Waals surface area contributed by atoms with E-state index in [0.29, 0.717) is 5.92 Å². The molecule has 0 aliphatic heterocycles. The Balaban J connectivity index is 2.55. The van der Waals surface area contributed by atoms with Gasteiger partial charge in [0.25, 0.3) is 0 Å². The van der Waals surface area contributed by atoms with Crippen LogP contribution >= 0.6 is 0 Å². The Kier molecular flexibility index (Phi) is 1.99. The van der Waals surface area contributed by atoms with Gasteiger partial charge in [-0.05, 0) is 32.1 Å². The maximum Gasteiger partial charge on any atom is 0.0689 e. The van der Waals surface area contributed by atoms with Gasteiger partial charge in [0.2, 0.25) is 0 Å². The van der Waals surface area contributed by atoms with Gasteiger partial charge in [-0.25, -0.2) is 0 Å². The summed E-state index contributed by atoms with van der Waals surface area (Å²) in [5.74, 6) is 0.697. The van der Waals surface area contributed by atoms with E-state index < -0.39 is 0 Å². The number of rotatable bonds is 2. The number of nitriles is 1. The zero-order valence-electron chi connectivity index (χ0n) is 6.85. The Bertz CT molecular complexity index is 153. The molecule has 1 nitrogen and oxygen atoms in total. The van der Waals surface area contributed by atoms with Crippen molar-refractivity contribution in [2.24, 2.45) is 11.3 Å². The minimum atomic E-state index is -0.0156. The SMILES string of the molecule is CCC(C)(C#N)C1CCC1. The maximum absolute atomic E-state index is 8.87. The van der Waals surface area contributed by atoms with Gasteiger partial charge in [-0.3, -0.25) is 0 Å². The molecule has 10 heavy (non-hydrogen) atoms. The largest absolute Gasteiger partial charge is 0.198 e. The smallest absolute Gasteiger partial charge is 0.0689 e. The van der Waals surface area contributed by atoms with Crippen molar-refractivity contribution in [3.8, 4) is 6.07 Å². The van der Waals surface area contributed by atoms with Crippen LogP contribution in [0.1, 0.15) is 39.5 Å². The average Bonchev–Trinajstić information content (AvgIpc) is 1.84. The molecule has 1 unspecified atom stereocenters. The van der Waals surface area contributed by atoms with Crippen LogP contribution in [0.4, 0.5) is 0 Å². The summed E-state index contributed by atoms with van der Waals surface area (Å²) >= 11 is 0. The Morgan fingerprint density at radius 2 is 2.20 bits per heavy atom. The molecule has 0 spiro atoms. The second-order valence-electron chi connectivity index (χ2n) is 3.51. The van der Waals surface area contributed by atoms with Crippen LogP contribution in [0.2, 0.25) is 0 Å². The van der Waals surface area contributed by atoms with Gasteiger partial charge in [-0.2, -0.15) is 5.26 Å². The van der Waals surface area contributed by atoms with Crippen LogP contribution in [0.3, 0.4) is 0 Å². The van der Waals surface area contributed by atoms with Gasteiger partial charge in [-0.1, -0.05) is 13.3 Å². The lowest BCUT2D eigenvalue weighted by Crippen LogP contribution is -2.30. The quantitative estimate of drug-likeness (QED) is 0.574. The Morgan fingerprint density at radius 1 is 1.60 bits per heavy atom. The molecule has 1 fully saturated rings. The molecule has 1 rings (SSSR count). The van der Waals surface area contributed by atoms with Crippen molar-refractivity contribution in [2.75, 3.05) is 0 Å². The normalized spacial score (nSPS) is 24.5. The van der Waals surface area contributed by atoms with Crippen LogP contribution in [-0.4, -0.2) is 0 Å². The van der Waals surface area contributed by atoms with E-state index in [1.807, 2.05) is 0 Å². The first kappa shape index (κ1) is 7.60. The Morgan fingerprint density at radius 3 is 2.30 bits per heavy atom. The summed E-state index contributed by atoms with van der Waals surface area (Å²) in [4.78, 5) is 0. The van der Waals surface area contributed by atoms with E-state index >= 15 is 0 Å². The fraction of sp³-hybridized carbons (Fsp3) is 0.889. The van der Waals surface area contributed by atoms with Crippen LogP contribution in [-0.2, 0) is 0 Å². The summed E-state index contributed by atoms with van der Waals surface area (Å²) in [7, 11) is 0. The van der Waals surface area contributed by atoms with Crippen LogP contribution in [0.5, 0.6) is 0 Å². The molecule has 0 heterocycles. The number of hydrogen-bond acceptors (Lipinski definition) is 1. The lowest BCUT2D eigenvalue weighted by atomic mass is 9.66. The molecular weight excluding hydrogens is 122 g/mol. The van der Waals surface area contributed by atoms with E-state index in [4.69, 9.17) is 5.26 Å². The highest BCUT2D eigenvalue weighted by Gasteiger charge is 2.36. The summed E-state index contributed by atoms with van der Waals surface area (Å²) in [6, 6.07) is 2.43. The standard InChI is InChI=1S/C9H15N/c1-3-9(2,7-10)8-5-4-6-8/h8H,3-6H2,1-2H3. The molecule has 0 N–H and O–H groups in total. The highest BCUT2D eigenvalue weighted by Crippen LogP contribution is 2.43. The van der Waals surface area contributed by atoms with Crippen molar-refractivity contribution in [1.82, 2.24) is 0 Å². The summed E-state index contributed by atoms with van der Waals surface area (Å²) in [6.07, 6.45) is 4.89. The van der Waals surface area contributed by atoms with Crippen molar-refractivity contribution in [1.29, 1.82) is 5.26 Å². The lowest BCUT2D eigenvalue weighted by molar-refractivity contribution is 0.153. The summed E-state index contributed by atoms with van der Waals surface area (Å²) < 4.78 is 0. The van der Waals surface area contributed by atoms with Gasteiger partial charge in [0, 0.05) is 0 Å². The zero-order chi connectivity index (χ0) is 7.61. The van der Waals surface area contributed by atoms with Crippen molar-refractivity contribution < 1.29 is 0 Å². The second kappa shape index (κ2) is 2.62. The van der Waals surface area contributed by atoms with Crippen molar-refractivity contribution >= 4 is 0 Å². The summed E-state index contributed by atoms with van der Waals surface area (Å²) in [5.41, 5.74) is -0.0156. The van der Waals surface area contributed by atoms with Crippen molar-refractivity contribution in [3.63, 3.8) is 0 Å². The van der Waals surface area contributed by atoms with Crippen molar-refractivity contribution in [3.05, 3.63) is 0 Å². The molecule has 0 saturated heterocycles. The van der Waals surface area contributed by atoms with Crippen molar-refractivity contribution in [2.45, 2.75) is 39.5 Å². The van der Waals surface area contributed by atoms with Gasteiger partial charge in [0.1, 0.15) is 0 Å². The third kappa shape index (κ3) is 1.03. The first-order valence-corrected chi connectivity index (χ1v) is 4.14. The molecule has 1 atom stereocenters. The van der Waals surface area contributed by atoms with Crippen LogP contribution in [0.15, 0.2) is 0 Å². The molecular formula is C9H15N. The molecule has 1 aliphatic rings. The molecule has 1 heteroatoms. The third-order valence-corrected chi connectivity index (χ3v) is 3.00. The monoisotopic (exact) mass is 137 g/mol.